The first-order valence-electron chi connectivity index (χ1n) is 8.58. The van der Waals surface area contributed by atoms with E-state index in [1.807, 2.05) is 19.2 Å². The number of para-hydroxylation sites is 1. The van der Waals surface area contributed by atoms with Crippen LogP contribution in [0.2, 0.25) is 0 Å². The maximum Gasteiger partial charge on any atom is 0.274 e. The number of carbonyl (C=O) groups is 1. The minimum atomic E-state index is -0.0719. The molecule has 0 spiro atoms. The number of hydrogen-bond donors (Lipinski definition) is 0. The van der Waals surface area contributed by atoms with E-state index in [9.17, 15) is 4.79 Å². The van der Waals surface area contributed by atoms with Gasteiger partial charge in [-0.25, -0.2) is 0 Å². The molecule has 126 valence electrons. The molecular weight excluding hydrogens is 300 g/mol. The van der Waals surface area contributed by atoms with E-state index in [4.69, 9.17) is 0 Å². The first-order chi connectivity index (χ1) is 11.6. The van der Waals surface area contributed by atoms with Gasteiger partial charge in [0.05, 0.1) is 0 Å². The van der Waals surface area contributed by atoms with Gasteiger partial charge in [-0.3, -0.25) is 4.79 Å². The Morgan fingerprint density at radius 3 is 2.75 bits per heavy atom. The molecule has 0 radical (unpaired) electrons. The zero-order valence-corrected chi connectivity index (χ0v) is 14.6. The highest BCUT2D eigenvalue weighted by Crippen LogP contribution is 2.36. The van der Waals surface area contributed by atoms with E-state index < -0.39 is 0 Å². The van der Waals surface area contributed by atoms with Gasteiger partial charge in [0, 0.05) is 25.3 Å². The Kier molecular flexibility index (Phi) is 4.79. The number of hydrogen-bond acceptors (Lipinski definition) is 4. The van der Waals surface area contributed by atoms with Crippen LogP contribution in [0.5, 0.6) is 0 Å². The third-order valence-electron chi connectivity index (χ3n) is 4.52. The van der Waals surface area contributed by atoms with Crippen molar-refractivity contribution in [1.82, 2.24) is 15.1 Å². The topological polar surface area (TPSA) is 49.3 Å². The highest BCUT2D eigenvalue weighted by Gasteiger charge is 2.28. The minimum absolute atomic E-state index is 0.0719. The highest BCUT2D eigenvalue weighted by molar-refractivity contribution is 5.92. The summed E-state index contributed by atoms with van der Waals surface area (Å²) in [6, 6.07) is 12.4. The van der Waals surface area contributed by atoms with Crippen molar-refractivity contribution in [3.05, 3.63) is 47.7 Å². The van der Waals surface area contributed by atoms with E-state index in [-0.39, 0.29) is 5.91 Å². The van der Waals surface area contributed by atoms with Gasteiger partial charge in [-0.15, -0.1) is 10.2 Å². The molecule has 0 saturated carbocycles. The van der Waals surface area contributed by atoms with Crippen LogP contribution in [0.1, 0.15) is 42.7 Å². The second kappa shape index (κ2) is 6.99. The van der Waals surface area contributed by atoms with E-state index >= 15 is 0 Å². The zero-order chi connectivity index (χ0) is 17.1. The molecule has 1 unspecified atom stereocenters. The van der Waals surface area contributed by atoms with Crippen LogP contribution in [0.15, 0.2) is 36.4 Å². The normalized spacial score (nSPS) is 16.1. The summed E-state index contributed by atoms with van der Waals surface area (Å²) in [6.45, 7) is 5.04. The number of nitrogens with zero attached hydrogens (tertiary/aromatic N) is 4. The van der Waals surface area contributed by atoms with Gasteiger partial charge in [0.2, 0.25) is 0 Å². The Morgan fingerprint density at radius 2 is 2.04 bits per heavy atom. The quantitative estimate of drug-likeness (QED) is 0.845. The van der Waals surface area contributed by atoms with Gasteiger partial charge < -0.3 is 9.80 Å². The lowest BCUT2D eigenvalue weighted by Crippen LogP contribution is -2.29. The monoisotopic (exact) mass is 324 g/mol. The fourth-order valence-corrected chi connectivity index (χ4v) is 3.17. The minimum Gasteiger partial charge on any atom is -0.340 e. The summed E-state index contributed by atoms with van der Waals surface area (Å²) >= 11 is 0. The van der Waals surface area contributed by atoms with Crippen LogP contribution in [-0.2, 0) is 6.42 Å². The molecule has 5 heteroatoms. The third-order valence-corrected chi connectivity index (χ3v) is 4.52. The predicted molar refractivity (Wildman–Crippen MR) is 95.6 cm³/mol. The highest BCUT2D eigenvalue weighted by atomic mass is 16.2. The van der Waals surface area contributed by atoms with Crippen LogP contribution in [0, 0.1) is 0 Å². The summed E-state index contributed by atoms with van der Waals surface area (Å²) < 4.78 is 0. The Balaban J connectivity index is 1.79. The predicted octanol–water partition coefficient (Wildman–Crippen LogP) is 3.43. The second-order valence-corrected chi connectivity index (χ2v) is 6.41. The van der Waals surface area contributed by atoms with Crippen molar-refractivity contribution >= 4 is 17.4 Å². The maximum atomic E-state index is 12.4. The molecule has 3 rings (SSSR count). The lowest BCUT2D eigenvalue weighted by Gasteiger charge is -2.23. The number of rotatable bonds is 5. The second-order valence-electron chi connectivity index (χ2n) is 6.41. The number of aromatic nitrogens is 2. The molecule has 0 N–H and O–H groups in total. The van der Waals surface area contributed by atoms with E-state index in [1.165, 1.54) is 11.3 Å². The molecule has 1 atom stereocenters. The maximum absolute atomic E-state index is 12.4. The Hall–Kier alpha value is -2.43. The first kappa shape index (κ1) is 16.4. The first-order valence-corrected chi connectivity index (χ1v) is 8.58. The molecule has 0 aliphatic carbocycles. The van der Waals surface area contributed by atoms with Crippen molar-refractivity contribution < 1.29 is 4.79 Å². The summed E-state index contributed by atoms with van der Waals surface area (Å²) in [5.41, 5.74) is 2.90. The molecule has 1 aliphatic rings. The van der Waals surface area contributed by atoms with Gasteiger partial charge in [0.15, 0.2) is 11.5 Å². The Morgan fingerprint density at radius 1 is 1.25 bits per heavy atom. The molecule has 0 bridgehead atoms. The van der Waals surface area contributed by atoms with Gasteiger partial charge in [-0.05, 0) is 43.5 Å². The Bertz CT molecular complexity index is 714. The fourth-order valence-electron chi connectivity index (χ4n) is 3.17. The molecule has 0 fully saturated rings. The van der Waals surface area contributed by atoms with Gasteiger partial charge >= 0.3 is 0 Å². The summed E-state index contributed by atoms with van der Waals surface area (Å²) in [4.78, 5) is 16.3. The summed E-state index contributed by atoms with van der Waals surface area (Å²) in [5.74, 6) is 0.720. The zero-order valence-electron chi connectivity index (χ0n) is 14.6. The van der Waals surface area contributed by atoms with Crippen molar-refractivity contribution in [3.63, 3.8) is 0 Å². The van der Waals surface area contributed by atoms with Crippen LogP contribution in [-0.4, -0.2) is 40.6 Å². The van der Waals surface area contributed by atoms with E-state index in [0.717, 1.165) is 31.6 Å². The van der Waals surface area contributed by atoms with Gasteiger partial charge in [0.1, 0.15) is 0 Å². The van der Waals surface area contributed by atoms with Crippen molar-refractivity contribution in [2.24, 2.45) is 0 Å². The number of anilines is 2. The van der Waals surface area contributed by atoms with Crippen molar-refractivity contribution in [1.29, 1.82) is 0 Å². The van der Waals surface area contributed by atoms with Crippen molar-refractivity contribution in [2.45, 2.75) is 39.2 Å². The molecule has 1 aliphatic heterocycles. The molecule has 2 heterocycles. The SMILES string of the molecule is CCCCN(C)C(=O)c1ccc(N2c3ccccc3CC2C)nn1. The van der Waals surface area contributed by atoms with Gasteiger partial charge in [-0.2, -0.15) is 0 Å². The van der Waals surface area contributed by atoms with E-state index in [1.54, 1.807) is 11.0 Å². The lowest BCUT2D eigenvalue weighted by molar-refractivity contribution is 0.0786. The number of carbonyl (C=O) groups excluding carboxylic acids is 1. The summed E-state index contributed by atoms with van der Waals surface area (Å²) in [6.07, 6.45) is 3.06. The fraction of sp³-hybridized carbons (Fsp3) is 0.421. The van der Waals surface area contributed by atoms with Crippen LogP contribution in [0.4, 0.5) is 11.5 Å². The molecule has 24 heavy (non-hydrogen) atoms. The number of fused-ring (bicyclic) bond motifs is 1. The lowest BCUT2D eigenvalue weighted by atomic mass is 10.1. The van der Waals surface area contributed by atoms with Crippen LogP contribution in [0.3, 0.4) is 0 Å². The van der Waals surface area contributed by atoms with Crippen molar-refractivity contribution in [2.75, 3.05) is 18.5 Å². The molecule has 0 saturated heterocycles. The van der Waals surface area contributed by atoms with Crippen LogP contribution >= 0.6 is 0 Å². The smallest absolute Gasteiger partial charge is 0.274 e. The molecule has 1 aromatic heterocycles. The molecule has 2 aromatic rings. The van der Waals surface area contributed by atoms with Crippen molar-refractivity contribution in [3.8, 4) is 0 Å². The van der Waals surface area contributed by atoms with Crippen LogP contribution < -0.4 is 4.90 Å². The number of benzene rings is 1. The molecule has 1 amide bonds. The van der Waals surface area contributed by atoms with E-state index in [2.05, 4.69) is 47.1 Å². The van der Waals surface area contributed by atoms with Gasteiger partial charge in [-0.1, -0.05) is 31.5 Å². The number of amides is 1. The summed E-state index contributed by atoms with van der Waals surface area (Å²) in [7, 11) is 1.81. The van der Waals surface area contributed by atoms with Gasteiger partial charge in [0.25, 0.3) is 5.91 Å². The average Bonchev–Trinajstić information content (AvgIpc) is 2.95. The summed E-state index contributed by atoms with van der Waals surface area (Å²) in [5, 5.41) is 8.50. The van der Waals surface area contributed by atoms with E-state index in [0.29, 0.717) is 11.7 Å². The Labute approximate surface area is 143 Å². The number of unbranched alkanes of at least 4 members (excludes halogenated alkanes) is 1. The van der Waals surface area contributed by atoms with Crippen LogP contribution in [0.25, 0.3) is 0 Å². The average molecular weight is 324 g/mol. The largest absolute Gasteiger partial charge is 0.340 e. The third kappa shape index (κ3) is 3.11. The molecule has 1 aromatic carbocycles. The molecular formula is C19H24N4O. The standard InChI is InChI=1S/C19H24N4O/c1-4-5-12-22(3)19(24)16-10-11-18(21-20-16)23-14(2)13-15-8-6-7-9-17(15)23/h6-11,14H,4-5,12-13H2,1-3H3. The molecule has 5 nitrogen and oxygen atoms in total.